The molecule has 10 heteroatoms. The Balaban J connectivity index is 2.43. The lowest BCUT2D eigenvalue weighted by molar-refractivity contribution is -0.140. The first-order valence-electron chi connectivity index (χ1n) is 10.2. The molecule has 0 bridgehead atoms. The molecule has 2 aromatic rings. The van der Waals surface area contributed by atoms with E-state index in [-0.39, 0.29) is 0 Å². The summed E-state index contributed by atoms with van der Waals surface area (Å²) >= 11 is 4.86. The Morgan fingerprint density at radius 1 is 1.24 bits per heavy atom. The van der Waals surface area contributed by atoms with Crippen LogP contribution in [0.3, 0.4) is 0 Å². The zero-order chi connectivity index (χ0) is 25.0. The molecule has 1 aromatic carbocycles. The van der Waals surface area contributed by atoms with Crippen molar-refractivity contribution in [2.24, 2.45) is 0 Å². The van der Waals surface area contributed by atoms with Crippen LogP contribution in [0.5, 0.6) is 0 Å². The molecule has 1 amide bonds. The number of carbonyl (C=O) groups excluding carboxylic acids is 1. The topological polar surface area (TPSA) is 60.2 Å². The van der Waals surface area contributed by atoms with E-state index < -0.39 is 40.3 Å². The van der Waals surface area contributed by atoms with Crippen LogP contribution in [0.25, 0.3) is 0 Å². The second-order valence-electron chi connectivity index (χ2n) is 7.94. The van der Waals surface area contributed by atoms with Crippen molar-refractivity contribution in [2.75, 3.05) is 16.8 Å². The van der Waals surface area contributed by atoms with Gasteiger partial charge in [0.25, 0.3) is 5.91 Å². The lowest BCUT2D eigenvalue weighted by Crippen LogP contribution is -2.55. The van der Waals surface area contributed by atoms with Gasteiger partial charge in [0.05, 0.1) is 34.7 Å². The van der Waals surface area contributed by atoms with Gasteiger partial charge in [0.2, 0.25) is 0 Å². The van der Waals surface area contributed by atoms with E-state index in [0.717, 1.165) is 42.6 Å². The molecule has 0 saturated heterocycles. The van der Waals surface area contributed by atoms with Crippen LogP contribution in [0.1, 0.15) is 50.4 Å². The van der Waals surface area contributed by atoms with Gasteiger partial charge in [-0.3, -0.25) is 14.7 Å². The van der Waals surface area contributed by atoms with E-state index in [9.17, 15) is 22.4 Å². The van der Waals surface area contributed by atoms with Crippen LogP contribution in [-0.4, -0.2) is 29.0 Å². The van der Waals surface area contributed by atoms with Crippen LogP contribution in [0.15, 0.2) is 30.5 Å². The fourth-order valence-corrected chi connectivity index (χ4v) is 3.43. The molecule has 1 heterocycles. The van der Waals surface area contributed by atoms with Crippen LogP contribution in [0.2, 0.25) is 0 Å². The van der Waals surface area contributed by atoms with Crippen molar-refractivity contribution in [2.45, 2.75) is 51.7 Å². The van der Waals surface area contributed by atoms with E-state index in [1.54, 1.807) is 38.1 Å². The van der Waals surface area contributed by atoms with Crippen molar-refractivity contribution < 1.29 is 22.4 Å². The third kappa shape index (κ3) is 5.47. The number of anilines is 2. The molecule has 0 aliphatic heterocycles. The number of carbonyl (C=O) groups is 1. The molecule has 0 aliphatic carbocycles. The van der Waals surface area contributed by atoms with Gasteiger partial charge in [-0.15, -0.1) is 0 Å². The summed E-state index contributed by atoms with van der Waals surface area (Å²) in [4.78, 5) is 20.0. The largest absolute Gasteiger partial charge is 0.420 e. The highest BCUT2D eigenvalue weighted by molar-refractivity contribution is 7.79. The SMILES string of the molecule is CCCCc1ccc(N(C)C(C)(C)C(=O)N(C=S)c2ccc(C#N)c(C(F)(F)F)c2F)cn1. The number of halogens is 4. The highest BCUT2D eigenvalue weighted by atomic mass is 32.1. The highest BCUT2D eigenvalue weighted by Crippen LogP contribution is 2.38. The second-order valence-corrected chi connectivity index (χ2v) is 8.15. The number of aromatic nitrogens is 1. The Hall–Kier alpha value is -3.06. The van der Waals surface area contributed by atoms with Gasteiger partial charge in [0.15, 0.2) is 5.82 Å². The van der Waals surface area contributed by atoms with Gasteiger partial charge < -0.3 is 4.90 Å². The predicted molar refractivity (Wildman–Crippen MR) is 123 cm³/mol. The Morgan fingerprint density at radius 3 is 2.39 bits per heavy atom. The molecule has 176 valence electrons. The van der Waals surface area contributed by atoms with Crippen molar-refractivity contribution in [1.29, 1.82) is 5.26 Å². The van der Waals surface area contributed by atoms with E-state index >= 15 is 0 Å². The summed E-state index contributed by atoms with van der Waals surface area (Å²) in [6, 6.07) is 6.71. The lowest BCUT2D eigenvalue weighted by Gasteiger charge is -2.38. The Labute approximate surface area is 195 Å². The normalized spacial score (nSPS) is 11.6. The summed E-state index contributed by atoms with van der Waals surface area (Å²) in [5.74, 6) is -2.50. The first-order valence-corrected chi connectivity index (χ1v) is 10.6. The monoisotopic (exact) mass is 480 g/mol. The number of alkyl halides is 3. The second kappa shape index (κ2) is 10.3. The number of nitrogens with zero attached hydrogens (tertiary/aromatic N) is 4. The van der Waals surface area contributed by atoms with Gasteiger partial charge in [-0.2, -0.15) is 18.4 Å². The molecule has 5 nitrogen and oxygen atoms in total. The Bertz CT molecular complexity index is 1060. The van der Waals surface area contributed by atoms with Crippen LogP contribution in [0.4, 0.5) is 28.9 Å². The maximum atomic E-state index is 14.9. The van der Waals surface area contributed by atoms with Crippen LogP contribution >= 0.6 is 12.2 Å². The minimum absolute atomic E-state index is 0.592. The smallest absolute Gasteiger partial charge is 0.359 e. The maximum Gasteiger partial charge on any atom is 0.420 e. The molecule has 33 heavy (non-hydrogen) atoms. The van der Waals surface area contributed by atoms with Crippen LogP contribution in [0, 0.1) is 17.1 Å². The number of nitriles is 1. The standard InChI is InChI=1S/C23H24F4N4OS/c1-5-6-7-16-9-10-17(13-29-16)30(4)22(2,3)21(32)31(14-33)18-11-8-15(12-28)19(20(18)24)23(25,26)27/h8-11,13-14H,5-7H2,1-4H3. The van der Waals surface area contributed by atoms with Gasteiger partial charge in [0.1, 0.15) is 11.1 Å². The number of hydrogen-bond donors (Lipinski definition) is 0. The van der Waals surface area contributed by atoms with E-state index in [1.807, 2.05) is 6.07 Å². The Morgan fingerprint density at radius 2 is 1.91 bits per heavy atom. The van der Waals surface area contributed by atoms with Crippen molar-refractivity contribution >= 4 is 35.0 Å². The molecule has 2 rings (SSSR count). The number of hydrogen-bond acceptors (Lipinski definition) is 5. The number of aryl methyl sites for hydroxylation is 1. The Kier molecular flexibility index (Phi) is 8.14. The zero-order valence-electron chi connectivity index (χ0n) is 18.7. The summed E-state index contributed by atoms with van der Waals surface area (Å²) in [6.45, 7) is 5.16. The first-order chi connectivity index (χ1) is 15.4. The van der Waals surface area contributed by atoms with E-state index in [0.29, 0.717) is 10.6 Å². The minimum atomic E-state index is -5.13. The summed E-state index contributed by atoms with van der Waals surface area (Å²) < 4.78 is 55.1. The number of rotatable bonds is 8. The zero-order valence-corrected chi connectivity index (χ0v) is 19.5. The van der Waals surface area contributed by atoms with Crippen molar-refractivity contribution in [3.8, 4) is 6.07 Å². The number of unbranched alkanes of at least 4 members (excludes halogenated alkanes) is 1. The minimum Gasteiger partial charge on any atom is -0.359 e. The number of pyridine rings is 1. The number of thiocarbonyl (C=S) groups is 1. The molecule has 0 spiro atoms. The molecular formula is C23H24F4N4OS. The molecule has 1 aromatic heterocycles. The van der Waals surface area contributed by atoms with Gasteiger partial charge in [-0.1, -0.05) is 25.6 Å². The third-order valence-corrected chi connectivity index (χ3v) is 5.66. The average molecular weight is 481 g/mol. The third-order valence-electron chi connectivity index (χ3n) is 5.45. The van der Waals surface area contributed by atoms with Gasteiger partial charge in [-0.05, 0) is 51.0 Å². The molecular weight excluding hydrogens is 456 g/mol. The average Bonchev–Trinajstić information content (AvgIpc) is 2.77. The van der Waals surface area contributed by atoms with Gasteiger partial charge in [-0.25, -0.2) is 4.39 Å². The molecule has 0 atom stereocenters. The number of likely N-dealkylation sites (N-methyl/N-ethyl adjacent to an activating group) is 1. The summed E-state index contributed by atoms with van der Waals surface area (Å²) in [6.07, 6.45) is -0.683. The highest BCUT2D eigenvalue weighted by Gasteiger charge is 2.42. The summed E-state index contributed by atoms with van der Waals surface area (Å²) in [5.41, 5.74) is -2.36. The van der Waals surface area contributed by atoms with Crippen molar-refractivity contribution in [3.63, 3.8) is 0 Å². The van der Waals surface area contributed by atoms with Crippen molar-refractivity contribution in [3.05, 3.63) is 53.1 Å². The number of amides is 1. The quantitative estimate of drug-likeness (QED) is 0.361. The van der Waals surface area contributed by atoms with Gasteiger partial charge >= 0.3 is 6.18 Å². The summed E-state index contributed by atoms with van der Waals surface area (Å²) in [7, 11) is 1.62. The fraction of sp³-hybridized carbons (Fsp3) is 0.391. The van der Waals surface area contributed by atoms with Crippen molar-refractivity contribution in [1.82, 2.24) is 4.98 Å². The summed E-state index contributed by atoms with van der Waals surface area (Å²) in [5, 5.41) is 8.96. The fourth-order valence-electron chi connectivity index (χ4n) is 3.22. The van der Waals surface area contributed by atoms with E-state index in [1.165, 1.54) is 6.07 Å². The number of benzene rings is 1. The predicted octanol–water partition coefficient (Wildman–Crippen LogP) is 5.66. The molecule has 0 fully saturated rings. The maximum absolute atomic E-state index is 14.9. The molecule has 0 unspecified atom stereocenters. The van der Waals surface area contributed by atoms with Gasteiger partial charge in [0, 0.05) is 12.7 Å². The molecule has 0 radical (unpaired) electrons. The first kappa shape index (κ1) is 26.2. The van der Waals surface area contributed by atoms with E-state index in [4.69, 9.17) is 17.5 Å². The van der Waals surface area contributed by atoms with E-state index in [2.05, 4.69) is 11.9 Å². The molecule has 0 aliphatic rings. The molecule has 0 saturated carbocycles. The lowest BCUT2D eigenvalue weighted by atomic mass is 9.99. The molecule has 0 N–H and O–H groups in total. The van der Waals surface area contributed by atoms with Crippen LogP contribution < -0.4 is 9.80 Å². The van der Waals surface area contributed by atoms with Crippen LogP contribution in [-0.2, 0) is 17.4 Å².